The van der Waals surface area contributed by atoms with Crippen LogP contribution in [-0.2, 0) is 10.0 Å². The van der Waals surface area contributed by atoms with Crippen LogP contribution in [0.2, 0.25) is 0 Å². The average molecular weight is 299 g/mol. The fraction of sp³-hybridized carbons (Fsp3) is 0.571. The fourth-order valence-electron chi connectivity index (χ4n) is 0.570. The second kappa shape index (κ2) is 3.79. The van der Waals surface area contributed by atoms with E-state index in [1.54, 1.807) is 27.0 Å². The number of anilines is 1. The predicted octanol–water partition coefficient (Wildman–Crippen LogP) is 2.45. The van der Waals surface area contributed by atoms with E-state index in [0.29, 0.717) is 5.13 Å². The number of thiazole rings is 1. The minimum Gasteiger partial charge on any atom is -0.258 e. The first kappa shape index (κ1) is 11.9. The van der Waals surface area contributed by atoms with Crippen molar-refractivity contribution >= 4 is 42.4 Å². The largest absolute Gasteiger partial charge is 0.258 e. The van der Waals surface area contributed by atoms with Crippen molar-refractivity contribution in [2.24, 2.45) is 0 Å². The quantitative estimate of drug-likeness (QED) is 0.912. The standard InChI is InChI=1S/C7H11BrN2O2S2/c1-7(2,3)14(11,12)10-6-9-4-5(8)13-6/h4H,1-3H3,(H,9,10). The van der Waals surface area contributed by atoms with Crippen molar-refractivity contribution in [1.82, 2.24) is 4.98 Å². The van der Waals surface area contributed by atoms with E-state index >= 15 is 0 Å². The zero-order valence-corrected chi connectivity index (χ0v) is 11.3. The maximum absolute atomic E-state index is 11.7. The lowest BCUT2D eigenvalue weighted by Crippen LogP contribution is -2.33. The van der Waals surface area contributed by atoms with Gasteiger partial charge in [-0.25, -0.2) is 13.4 Å². The monoisotopic (exact) mass is 298 g/mol. The highest BCUT2D eigenvalue weighted by molar-refractivity contribution is 9.11. The molecule has 0 saturated heterocycles. The zero-order chi connectivity index (χ0) is 11.0. The number of nitrogens with one attached hydrogen (secondary N) is 1. The molecule has 0 spiro atoms. The number of nitrogens with zero attached hydrogens (tertiary/aromatic N) is 1. The molecule has 0 bridgehead atoms. The number of hydrogen-bond acceptors (Lipinski definition) is 4. The van der Waals surface area contributed by atoms with Gasteiger partial charge in [-0.05, 0) is 36.7 Å². The topological polar surface area (TPSA) is 59.1 Å². The van der Waals surface area contributed by atoms with Crippen LogP contribution < -0.4 is 4.72 Å². The van der Waals surface area contributed by atoms with Crippen molar-refractivity contribution < 1.29 is 8.42 Å². The summed E-state index contributed by atoms with van der Waals surface area (Å²) in [5.41, 5.74) is 0. The second-order valence-corrected chi connectivity index (χ2v) is 8.53. The van der Waals surface area contributed by atoms with Crippen molar-refractivity contribution in [3.8, 4) is 0 Å². The molecule has 0 radical (unpaired) electrons. The maximum Gasteiger partial charge on any atom is 0.239 e. The Labute approximate surface area is 95.9 Å². The molecule has 0 fully saturated rings. The van der Waals surface area contributed by atoms with Crippen molar-refractivity contribution in [2.75, 3.05) is 4.72 Å². The molecule has 0 aliphatic heterocycles. The van der Waals surface area contributed by atoms with E-state index in [9.17, 15) is 8.42 Å². The number of aromatic nitrogens is 1. The van der Waals surface area contributed by atoms with E-state index in [4.69, 9.17) is 0 Å². The molecule has 1 aromatic rings. The van der Waals surface area contributed by atoms with Crippen LogP contribution in [-0.4, -0.2) is 18.1 Å². The van der Waals surface area contributed by atoms with E-state index < -0.39 is 14.8 Å². The van der Waals surface area contributed by atoms with E-state index in [1.165, 1.54) is 11.3 Å². The molecule has 0 amide bonds. The lowest BCUT2D eigenvalue weighted by molar-refractivity contribution is 0.566. The Hall–Kier alpha value is -0.140. The number of sulfonamides is 1. The van der Waals surface area contributed by atoms with E-state index in [2.05, 4.69) is 25.6 Å². The van der Waals surface area contributed by atoms with Crippen molar-refractivity contribution in [3.05, 3.63) is 9.98 Å². The molecule has 0 aliphatic rings. The Balaban J connectivity index is 2.90. The minimum absolute atomic E-state index is 0.381. The highest BCUT2D eigenvalue weighted by Crippen LogP contribution is 2.26. The molecule has 0 aliphatic carbocycles. The predicted molar refractivity (Wildman–Crippen MR) is 62.1 cm³/mol. The van der Waals surface area contributed by atoms with Crippen LogP contribution in [0.25, 0.3) is 0 Å². The van der Waals surface area contributed by atoms with Gasteiger partial charge in [0.25, 0.3) is 0 Å². The molecule has 4 nitrogen and oxygen atoms in total. The molecule has 1 heterocycles. The molecule has 14 heavy (non-hydrogen) atoms. The smallest absolute Gasteiger partial charge is 0.239 e. The molecule has 0 atom stereocenters. The lowest BCUT2D eigenvalue weighted by Gasteiger charge is -2.18. The van der Waals surface area contributed by atoms with Gasteiger partial charge in [-0.1, -0.05) is 11.3 Å². The van der Waals surface area contributed by atoms with Crippen LogP contribution in [0.4, 0.5) is 5.13 Å². The molecule has 0 saturated carbocycles. The summed E-state index contributed by atoms with van der Waals surface area (Å²) in [6.45, 7) is 4.91. The van der Waals surface area contributed by atoms with Gasteiger partial charge in [-0.15, -0.1) is 0 Å². The summed E-state index contributed by atoms with van der Waals surface area (Å²) in [4.78, 5) is 3.90. The Kier molecular flexibility index (Phi) is 3.23. The summed E-state index contributed by atoms with van der Waals surface area (Å²) in [7, 11) is -3.36. The molecular weight excluding hydrogens is 288 g/mol. The van der Waals surface area contributed by atoms with E-state index in [-0.39, 0.29) is 0 Å². The summed E-state index contributed by atoms with van der Waals surface area (Å²) in [5.74, 6) is 0. The third-order valence-electron chi connectivity index (χ3n) is 1.51. The van der Waals surface area contributed by atoms with E-state index in [1.807, 2.05) is 0 Å². The first-order valence-electron chi connectivity index (χ1n) is 3.86. The van der Waals surface area contributed by atoms with Gasteiger partial charge < -0.3 is 0 Å². The minimum atomic E-state index is -3.36. The fourth-order valence-corrected chi connectivity index (χ4v) is 2.61. The molecule has 1 rings (SSSR count). The van der Waals surface area contributed by atoms with Crippen LogP contribution in [0, 0.1) is 0 Å². The van der Waals surface area contributed by atoms with Gasteiger partial charge in [-0.3, -0.25) is 4.72 Å². The van der Waals surface area contributed by atoms with Gasteiger partial charge in [0.15, 0.2) is 5.13 Å². The van der Waals surface area contributed by atoms with Gasteiger partial charge in [0.1, 0.15) is 0 Å². The Morgan fingerprint density at radius 2 is 2.07 bits per heavy atom. The van der Waals surface area contributed by atoms with Crippen molar-refractivity contribution in [3.63, 3.8) is 0 Å². The van der Waals surface area contributed by atoms with Gasteiger partial charge >= 0.3 is 0 Å². The summed E-state index contributed by atoms with van der Waals surface area (Å²) in [6.07, 6.45) is 1.56. The summed E-state index contributed by atoms with van der Waals surface area (Å²) in [6, 6.07) is 0. The zero-order valence-electron chi connectivity index (χ0n) is 8.04. The number of halogens is 1. The molecule has 0 aromatic carbocycles. The molecule has 0 unspecified atom stereocenters. The first-order valence-corrected chi connectivity index (χ1v) is 6.95. The summed E-state index contributed by atoms with van der Waals surface area (Å²) < 4.78 is 25.7. The molecule has 1 N–H and O–H groups in total. The van der Waals surface area contributed by atoms with Gasteiger partial charge in [0.05, 0.1) is 14.7 Å². The van der Waals surface area contributed by atoms with E-state index in [0.717, 1.165) is 3.79 Å². The van der Waals surface area contributed by atoms with Crippen LogP contribution in [0.5, 0.6) is 0 Å². The van der Waals surface area contributed by atoms with Crippen LogP contribution in [0.1, 0.15) is 20.8 Å². The Morgan fingerprint density at radius 3 is 2.43 bits per heavy atom. The van der Waals surface area contributed by atoms with Gasteiger partial charge in [0.2, 0.25) is 10.0 Å². The molecule has 80 valence electrons. The Bertz CT molecular complexity index is 419. The molecule has 7 heteroatoms. The number of hydrogen-bond donors (Lipinski definition) is 1. The first-order chi connectivity index (χ1) is 6.22. The normalized spacial score (nSPS) is 12.9. The average Bonchev–Trinajstić information content (AvgIpc) is 2.31. The number of rotatable bonds is 2. The SMILES string of the molecule is CC(C)(C)S(=O)(=O)Nc1ncc(Br)s1. The summed E-state index contributed by atoms with van der Waals surface area (Å²) in [5, 5.41) is 0.381. The Morgan fingerprint density at radius 1 is 1.50 bits per heavy atom. The second-order valence-electron chi connectivity index (χ2n) is 3.69. The van der Waals surface area contributed by atoms with Crippen molar-refractivity contribution in [2.45, 2.75) is 25.5 Å². The highest BCUT2D eigenvalue weighted by Gasteiger charge is 2.29. The third-order valence-corrected chi connectivity index (χ3v) is 5.10. The summed E-state index contributed by atoms with van der Waals surface area (Å²) >= 11 is 4.46. The van der Waals surface area contributed by atoms with Crippen LogP contribution in [0.15, 0.2) is 9.98 Å². The van der Waals surface area contributed by atoms with Gasteiger partial charge in [-0.2, -0.15) is 0 Å². The third kappa shape index (κ3) is 2.68. The lowest BCUT2D eigenvalue weighted by atomic mass is 10.3. The maximum atomic E-state index is 11.7. The van der Waals surface area contributed by atoms with Crippen LogP contribution >= 0.6 is 27.3 Å². The molecule has 1 aromatic heterocycles. The highest BCUT2D eigenvalue weighted by atomic mass is 79.9. The molecular formula is C7H11BrN2O2S2. The van der Waals surface area contributed by atoms with Gasteiger partial charge in [0, 0.05) is 0 Å². The van der Waals surface area contributed by atoms with Crippen molar-refractivity contribution in [1.29, 1.82) is 0 Å². The van der Waals surface area contributed by atoms with Crippen LogP contribution in [0.3, 0.4) is 0 Å².